The molecule has 3 aliphatic rings. The smallest absolute Gasteiger partial charge is 0.356 e. The van der Waals surface area contributed by atoms with Crippen LogP contribution in [0.3, 0.4) is 0 Å². The van der Waals surface area contributed by atoms with E-state index in [4.69, 9.17) is 0 Å². The lowest BCUT2D eigenvalue weighted by Crippen LogP contribution is -2.95. The Kier molecular flexibility index (Phi) is 7.58. The molecule has 6 heteroatoms. The topological polar surface area (TPSA) is 44.8 Å². The highest BCUT2D eigenvalue weighted by Gasteiger charge is 2.64. The lowest BCUT2D eigenvalue weighted by molar-refractivity contribution is -0.700. The molecule has 0 saturated carbocycles. The number of hydrogen-bond acceptors (Lipinski definition) is 3. The maximum absolute atomic E-state index is 13.4. The summed E-state index contributed by atoms with van der Waals surface area (Å²) >= 11 is 0. The minimum absolute atomic E-state index is 0.175. The second-order valence-electron chi connectivity index (χ2n) is 13.3. The molecule has 1 N–H and O–H groups in total. The molecule has 0 radical (unpaired) electrons. The Morgan fingerprint density at radius 1 is 0.925 bits per heavy atom. The number of fused-ring (bicyclic) bond motifs is 3. The van der Waals surface area contributed by atoms with Crippen molar-refractivity contribution in [1.29, 1.82) is 0 Å². The van der Waals surface area contributed by atoms with E-state index in [0.717, 1.165) is 34.8 Å². The van der Waals surface area contributed by atoms with Crippen LogP contribution in [0.15, 0.2) is 36.4 Å². The molecule has 1 aliphatic carbocycles. The van der Waals surface area contributed by atoms with Crippen LogP contribution in [-0.4, -0.2) is 46.5 Å². The van der Waals surface area contributed by atoms with Gasteiger partial charge in [-0.05, 0) is 72.0 Å². The van der Waals surface area contributed by atoms with Crippen molar-refractivity contribution in [3.05, 3.63) is 69.2 Å². The fourth-order valence-corrected chi connectivity index (χ4v) is 9.11. The molecule has 2 unspecified atom stereocenters. The number of rotatable bonds is 10. The molecule has 0 aromatic heterocycles. The number of nitrogens with zero attached hydrogens (tertiary/aromatic N) is 2. The molecule has 0 spiro atoms. The number of sulfonamides is 1. The maximum Gasteiger partial charge on any atom is 0.356 e. The second kappa shape index (κ2) is 10.4. The van der Waals surface area contributed by atoms with E-state index >= 15 is 0 Å². The highest BCUT2D eigenvalue weighted by molar-refractivity contribution is 7.91. The zero-order valence-corrected chi connectivity index (χ0v) is 26.7. The average molecular weight is 564 g/mol. The van der Waals surface area contributed by atoms with E-state index in [1.165, 1.54) is 58.6 Å². The van der Waals surface area contributed by atoms with Gasteiger partial charge in [0.05, 0.1) is 12.1 Å². The minimum Gasteiger partial charge on any atom is -0.378 e. The summed E-state index contributed by atoms with van der Waals surface area (Å²) in [6.07, 6.45) is 11.6. The summed E-state index contributed by atoms with van der Waals surface area (Å²) in [7, 11) is 0.972. The van der Waals surface area contributed by atoms with E-state index < -0.39 is 15.4 Å². The molecule has 2 aromatic rings. The predicted octanol–water partition coefficient (Wildman–Crippen LogP) is 3.82. The van der Waals surface area contributed by atoms with Gasteiger partial charge in [-0.25, -0.2) is 8.88 Å². The van der Waals surface area contributed by atoms with Crippen LogP contribution < -0.4 is 24.4 Å². The summed E-state index contributed by atoms with van der Waals surface area (Å²) in [6.45, 7) is 15.1. The van der Waals surface area contributed by atoms with Gasteiger partial charge in [-0.3, -0.25) is 0 Å². The third kappa shape index (κ3) is 4.85. The molecule has 1 fully saturated rings. The summed E-state index contributed by atoms with van der Waals surface area (Å²) in [4.78, 5) is 2.16. The highest BCUT2D eigenvalue weighted by Crippen LogP contribution is 2.38. The highest BCUT2D eigenvalue weighted by atomic mass is 32.2. The SMILES string of the molecule is CCCCCCCC[NH+]1C(C2=CC(C)(C)[N+](CC)=c3cc4c(cc32)=Cc2ccc(N(C)C)cc2C4(C)C)S1(=O)=O. The lowest BCUT2D eigenvalue weighted by atomic mass is 9.71. The van der Waals surface area contributed by atoms with Gasteiger partial charge in [-0.1, -0.05) is 52.5 Å². The van der Waals surface area contributed by atoms with E-state index in [2.05, 4.69) is 108 Å². The molecule has 0 bridgehead atoms. The van der Waals surface area contributed by atoms with Crippen molar-refractivity contribution in [2.45, 2.75) is 96.4 Å². The molecule has 2 aliphatic heterocycles. The molecule has 5 rings (SSSR count). The van der Waals surface area contributed by atoms with Crippen LogP contribution in [0.1, 0.15) is 102 Å². The number of quaternary nitrogens is 1. The van der Waals surface area contributed by atoms with Gasteiger partial charge in [0.1, 0.15) is 6.54 Å². The zero-order valence-electron chi connectivity index (χ0n) is 25.9. The number of hydrogen-bond donors (Lipinski definition) is 1. The summed E-state index contributed by atoms with van der Waals surface area (Å²) in [5.41, 5.74) is 6.72. The Labute approximate surface area is 242 Å². The van der Waals surface area contributed by atoms with E-state index in [-0.39, 0.29) is 11.0 Å². The van der Waals surface area contributed by atoms with Crippen LogP contribution in [0.4, 0.5) is 5.69 Å². The Morgan fingerprint density at radius 3 is 2.30 bits per heavy atom. The molecule has 2 heterocycles. The van der Waals surface area contributed by atoms with Crippen molar-refractivity contribution in [2.75, 3.05) is 32.1 Å². The van der Waals surface area contributed by atoms with Gasteiger partial charge in [0.15, 0.2) is 5.54 Å². The Morgan fingerprint density at radius 2 is 1.62 bits per heavy atom. The monoisotopic (exact) mass is 563 g/mol. The summed E-state index contributed by atoms with van der Waals surface area (Å²) in [6, 6.07) is 11.4. The largest absolute Gasteiger partial charge is 0.378 e. The van der Waals surface area contributed by atoms with E-state index in [1.54, 1.807) is 0 Å². The molecule has 0 amide bonds. The third-order valence-corrected chi connectivity index (χ3v) is 11.5. The van der Waals surface area contributed by atoms with Gasteiger partial charge in [0.2, 0.25) is 5.36 Å². The molecule has 216 valence electrons. The first-order valence-corrected chi connectivity index (χ1v) is 16.8. The van der Waals surface area contributed by atoms with Crippen LogP contribution in [-0.2, 0) is 15.4 Å². The fraction of sp³-hybridized carbons (Fsp3) is 0.559. The van der Waals surface area contributed by atoms with Gasteiger partial charge in [-0.2, -0.15) is 8.42 Å². The van der Waals surface area contributed by atoms with Gasteiger partial charge >= 0.3 is 10.0 Å². The van der Waals surface area contributed by atoms with Crippen molar-refractivity contribution < 1.29 is 12.7 Å². The van der Waals surface area contributed by atoms with Crippen LogP contribution in [0, 0.1) is 0 Å². The van der Waals surface area contributed by atoms with Gasteiger partial charge in [0.25, 0.3) is 5.37 Å². The van der Waals surface area contributed by atoms with E-state index in [1.807, 2.05) is 0 Å². The number of likely N-dealkylation sites (N-methyl/N-ethyl adjacent to an activating group) is 1. The van der Waals surface area contributed by atoms with Crippen molar-refractivity contribution in [1.82, 2.24) is 4.58 Å². The fourth-order valence-electron chi connectivity index (χ4n) is 7.13. The van der Waals surface area contributed by atoms with E-state index in [9.17, 15) is 8.42 Å². The molecule has 5 nitrogen and oxygen atoms in total. The predicted molar refractivity (Wildman–Crippen MR) is 168 cm³/mol. The van der Waals surface area contributed by atoms with Crippen LogP contribution in [0.25, 0.3) is 11.6 Å². The zero-order chi connectivity index (χ0) is 29.0. The molecule has 2 aromatic carbocycles. The quantitative estimate of drug-likeness (QED) is 0.272. The van der Waals surface area contributed by atoms with Crippen LogP contribution in [0.2, 0.25) is 0 Å². The number of unbranched alkanes of at least 4 members (excludes halogenated alkanes) is 5. The van der Waals surface area contributed by atoms with Crippen molar-refractivity contribution in [2.24, 2.45) is 0 Å². The molecule has 2 atom stereocenters. The Balaban J connectivity index is 1.59. The van der Waals surface area contributed by atoms with Crippen molar-refractivity contribution in [3.8, 4) is 0 Å². The van der Waals surface area contributed by atoms with Gasteiger partial charge < -0.3 is 4.90 Å². The van der Waals surface area contributed by atoms with Crippen molar-refractivity contribution in [3.63, 3.8) is 0 Å². The average Bonchev–Trinajstić information content (AvgIpc) is 3.43. The standard InChI is InChI=1S/C34H48N3O2S/c1-9-11-12-13-14-15-18-37-32(40(37,38)39)28-23-33(3,4)36(10-2)31-22-30-25(20-27(28)31)19-24-16-17-26(35(7)8)21-29(24)34(30,5)6/h16-17,19-23,32H,9-15,18H2,1-8H3/q+1/p+1. The van der Waals surface area contributed by atoms with Gasteiger partial charge in [0, 0.05) is 50.7 Å². The number of benzene rings is 2. The molecule has 40 heavy (non-hydrogen) atoms. The molecular weight excluding hydrogens is 514 g/mol. The third-order valence-electron chi connectivity index (χ3n) is 9.47. The first-order valence-electron chi connectivity index (χ1n) is 15.3. The van der Waals surface area contributed by atoms with Crippen LogP contribution in [0.5, 0.6) is 0 Å². The summed E-state index contributed by atoms with van der Waals surface area (Å²) < 4.78 is 30.0. The van der Waals surface area contributed by atoms with Crippen LogP contribution >= 0.6 is 0 Å². The first-order chi connectivity index (χ1) is 18.8. The first kappa shape index (κ1) is 29.1. The van der Waals surface area contributed by atoms with Gasteiger partial charge in [-0.15, -0.1) is 0 Å². The summed E-state index contributed by atoms with van der Waals surface area (Å²) in [5, 5.41) is 1.91. The number of anilines is 1. The second-order valence-corrected chi connectivity index (χ2v) is 15.4. The molecular formula is C34H49N3O2S+2. The Bertz CT molecular complexity index is 1580. The minimum atomic E-state index is -3.20. The van der Waals surface area contributed by atoms with E-state index in [0.29, 0.717) is 6.54 Å². The number of nitrogens with one attached hydrogen (secondary N) is 1. The summed E-state index contributed by atoms with van der Waals surface area (Å²) in [5.74, 6) is 0. The molecule has 1 saturated heterocycles. The Hall–Kier alpha value is -2.44. The maximum atomic E-state index is 13.4. The lowest BCUT2D eigenvalue weighted by Gasteiger charge is -2.33. The normalized spacial score (nSPS) is 22.9. The van der Waals surface area contributed by atoms with Crippen molar-refractivity contribution >= 4 is 27.4 Å².